The highest BCUT2D eigenvalue weighted by Crippen LogP contribution is 2.34. The maximum atomic E-state index is 13.2. The number of hydrogen-bond donors (Lipinski definition) is 1. The third kappa shape index (κ3) is 4.19. The van der Waals surface area contributed by atoms with Gasteiger partial charge in [0.2, 0.25) is 5.91 Å². The first kappa shape index (κ1) is 21.5. The van der Waals surface area contributed by atoms with E-state index in [4.69, 9.17) is 0 Å². The monoisotopic (exact) mass is 460 g/mol. The van der Waals surface area contributed by atoms with Crippen molar-refractivity contribution in [3.63, 3.8) is 0 Å². The van der Waals surface area contributed by atoms with Crippen LogP contribution in [0.2, 0.25) is 0 Å². The number of nitrogens with one attached hydrogen (secondary N) is 1. The number of nitrogens with zero attached hydrogens (tertiary/aromatic N) is 3. The van der Waals surface area contributed by atoms with Crippen molar-refractivity contribution < 1.29 is 18.0 Å². The fourth-order valence-corrected chi connectivity index (χ4v) is 3.95. The van der Waals surface area contributed by atoms with Gasteiger partial charge < -0.3 is 5.32 Å². The van der Waals surface area contributed by atoms with Gasteiger partial charge in [-0.3, -0.25) is 18.7 Å². The van der Waals surface area contributed by atoms with E-state index in [-0.39, 0.29) is 17.6 Å². The average Bonchev–Trinajstić information content (AvgIpc) is 3.27. The maximum Gasteiger partial charge on any atom is 0.418 e. The van der Waals surface area contributed by atoms with Gasteiger partial charge in [-0.1, -0.05) is 18.2 Å². The highest BCUT2D eigenvalue weighted by molar-refractivity contribution is 7.09. The second-order valence-electron chi connectivity index (χ2n) is 6.81. The van der Waals surface area contributed by atoms with Crippen LogP contribution in [0.1, 0.15) is 10.4 Å². The number of benzene rings is 1. The van der Waals surface area contributed by atoms with Crippen LogP contribution in [0.5, 0.6) is 0 Å². The topological polar surface area (TPSA) is 86.0 Å². The van der Waals surface area contributed by atoms with Crippen molar-refractivity contribution in [3.05, 3.63) is 91.4 Å². The normalized spacial score (nSPS) is 11.6. The van der Waals surface area contributed by atoms with E-state index in [0.29, 0.717) is 0 Å². The van der Waals surface area contributed by atoms with Crippen LogP contribution in [0.15, 0.2) is 69.7 Å². The lowest BCUT2D eigenvalue weighted by atomic mass is 10.1. The Morgan fingerprint density at radius 3 is 2.53 bits per heavy atom. The van der Waals surface area contributed by atoms with Gasteiger partial charge in [0.05, 0.1) is 23.2 Å². The summed E-state index contributed by atoms with van der Waals surface area (Å²) in [4.78, 5) is 43.3. The minimum Gasteiger partial charge on any atom is -0.324 e. The van der Waals surface area contributed by atoms with Gasteiger partial charge in [-0.05, 0) is 35.7 Å². The van der Waals surface area contributed by atoms with Crippen LogP contribution in [0.3, 0.4) is 0 Å². The van der Waals surface area contributed by atoms with Crippen molar-refractivity contribution >= 4 is 34.0 Å². The largest absolute Gasteiger partial charge is 0.418 e. The standard InChI is InChI=1S/C21H15F3N4O3S/c22-21(23,24)15-7-1-2-8-16(15)26-17(29)12-27-18-14(6-3-9-25-18)19(30)28(20(27)31)11-13-5-4-10-32-13/h1-10H,11-12H2,(H,26,29). The summed E-state index contributed by atoms with van der Waals surface area (Å²) in [5, 5.41) is 4.12. The van der Waals surface area contributed by atoms with Crippen molar-refractivity contribution in [1.82, 2.24) is 14.1 Å². The van der Waals surface area contributed by atoms with Gasteiger partial charge in [0, 0.05) is 11.1 Å². The number of halogens is 3. The van der Waals surface area contributed by atoms with Crippen molar-refractivity contribution in [1.29, 1.82) is 0 Å². The zero-order valence-corrected chi connectivity index (χ0v) is 17.1. The number of aromatic nitrogens is 3. The molecule has 0 unspecified atom stereocenters. The number of carbonyl (C=O) groups is 1. The Hall–Kier alpha value is -3.73. The van der Waals surface area contributed by atoms with Crippen molar-refractivity contribution in [2.75, 3.05) is 5.32 Å². The Balaban J connectivity index is 1.74. The molecule has 0 saturated carbocycles. The zero-order valence-electron chi connectivity index (χ0n) is 16.3. The molecule has 0 spiro atoms. The van der Waals surface area contributed by atoms with E-state index < -0.39 is 41.1 Å². The van der Waals surface area contributed by atoms with E-state index in [0.717, 1.165) is 26.1 Å². The minimum absolute atomic E-state index is 0.00130. The summed E-state index contributed by atoms with van der Waals surface area (Å²) in [5.41, 5.74) is -2.81. The van der Waals surface area contributed by atoms with Gasteiger partial charge >= 0.3 is 11.9 Å². The number of carbonyl (C=O) groups excluding carboxylic acids is 1. The van der Waals surface area contributed by atoms with Gasteiger partial charge in [-0.25, -0.2) is 9.78 Å². The molecule has 4 aromatic rings. The fraction of sp³-hybridized carbons (Fsp3) is 0.143. The molecule has 0 atom stereocenters. The van der Waals surface area contributed by atoms with E-state index >= 15 is 0 Å². The number of alkyl halides is 3. The minimum atomic E-state index is -4.66. The molecule has 4 rings (SSSR count). The molecular formula is C21H15F3N4O3S. The molecular weight excluding hydrogens is 445 g/mol. The number of fused-ring (bicyclic) bond motifs is 1. The molecule has 11 heteroatoms. The van der Waals surface area contributed by atoms with Crippen molar-refractivity contribution in [2.24, 2.45) is 0 Å². The van der Waals surface area contributed by atoms with Gasteiger partial charge in [0.1, 0.15) is 12.2 Å². The number of pyridine rings is 1. The summed E-state index contributed by atoms with van der Waals surface area (Å²) >= 11 is 1.36. The summed E-state index contributed by atoms with van der Waals surface area (Å²) in [6, 6.07) is 11.1. The van der Waals surface area contributed by atoms with Crippen LogP contribution in [0.4, 0.5) is 18.9 Å². The number of thiophene rings is 1. The molecule has 3 heterocycles. The van der Waals surface area contributed by atoms with E-state index in [2.05, 4.69) is 10.3 Å². The molecule has 164 valence electrons. The van der Waals surface area contributed by atoms with Crippen LogP contribution < -0.4 is 16.6 Å². The molecule has 1 amide bonds. The van der Waals surface area contributed by atoms with Crippen LogP contribution in [-0.4, -0.2) is 20.0 Å². The lowest BCUT2D eigenvalue weighted by molar-refractivity contribution is -0.137. The number of hydrogen-bond acceptors (Lipinski definition) is 5. The zero-order chi connectivity index (χ0) is 22.9. The third-order valence-electron chi connectivity index (χ3n) is 4.68. The van der Waals surface area contributed by atoms with Crippen molar-refractivity contribution in [2.45, 2.75) is 19.3 Å². The summed E-state index contributed by atoms with van der Waals surface area (Å²) in [7, 11) is 0. The van der Waals surface area contributed by atoms with Crippen LogP contribution in [0.25, 0.3) is 11.0 Å². The summed E-state index contributed by atoms with van der Waals surface area (Å²) in [5.74, 6) is -0.864. The summed E-state index contributed by atoms with van der Waals surface area (Å²) in [6.07, 6.45) is -3.30. The highest BCUT2D eigenvalue weighted by Gasteiger charge is 2.33. The first-order valence-electron chi connectivity index (χ1n) is 9.32. The highest BCUT2D eigenvalue weighted by atomic mass is 32.1. The predicted molar refractivity (Wildman–Crippen MR) is 114 cm³/mol. The quantitative estimate of drug-likeness (QED) is 0.495. The smallest absolute Gasteiger partial charge is 0.324 e. The van der Waals surface area contributed by atoms with E-state index in [1.54, 1.807) is 17.5 Å². The molecule has 0 radical (unpaired) electrons. The molecule has 32 heavy (non-hydrogen) atoms. The molecule has 0 aliphatic heterocycles. The van der Waals surface area contributed by atoms with E-state index in [1.165, 1.54) is 41.8 Å². The second kappa shape index (κ2) is 8.42. The van der Waals surface area contributed by atoms with Gasteiger partial charge in [0.25, 0.3) is 5.56 Å². The van der Waals surface area contributed by atoms with Crippen LogP contribution in [0, 0.1) is 0 Å². The molecule has 0 aliphatic carbocycles. The van der Waals surface area contributed by atoms with Crippen molar-refractivity contribution in [3.8, 4) is 0 Å². The first-order chi connectivity index (χ1) is 15.3. The lowest BCUT2D eigenvalue weighted by Gasteiger charge is -2.15. The molecule has 1 aromatic carbocycles. The molecule has 0 saturated heterocycles. The number of rotatable bonds is 5. The molecule has 0 bridgehead atoms. The van der Waals surface area contributed by atoms with E-state index in [1.807, 2.05) is 0 Å². The Bertz CT molecular complexity index is 1410. The molecule has 3 aromatic heterocycles. The lowest BCUT2D eigenvalue weighted by Crippen LogP contribution is -2.42. The first-order valence-corrected chi connectivity index (χ1v) is 10.2. The Morgan fingerprint density at radius 1 is 1.03 bits per heavy atom. The van der Waals surface area contributed by atoms with Gasteiger partial charge in [0.15, 0.2) is 0 Å². The van der Waals surface area contributed by atoms with Gasteiger partial charge in [-0.2, -0.15) is 13.2 Å². The number of para-hydroxylation sites is 1. The Kier molecular flexibility index (Phi) is 5.66. The Labute approximate surface area is 182 Å². The van der Waals surface area contributed by atoms with Gasteiger partial charge in [-0.15, -0.1) is 11.3 Å². The molecule has 0 aliphatic rings. The molecule has 0 fully saturated rings. The Morgan fingerprint density at radius 2 is 1.81 bits per heavy atom. The molecule has 1 N–H and O–H groups in total. The molecule has 7 nitrogen and oxygen atoms in total. The SMILES string of the molecule is O=C(Cn1c(=O)n(Cc2cccs2)c(=O)c2cccnc21)Nc1ccccc1C(F)(F)F. The summed E-state index contributed by atoms with van der Waals surface area (Å²) in [6.45, 7) is -0.623. The van der Waals surface area contributed by atoms with E-state index in [9.17, 15) is 27.6 Å². The van der Waals surface area contributed by atoms with Crippen LogP contribution in [-0.2, 0) is 24.1 Å². The predicted octanol–water partition coefficient (Wildman–Crippen LogP) is 3.33. The number of amides is 1. The number of anilines is 1. The second-order valence-corrected chi connectivity index (χ2v) is 7.84. The fourth-order valence-electron chi connectivity index (χ4n) is 3.26. The van der Waals surface area contributed by atoms with Crippen LogP contribution >= 0.6 is 11.3 Å². The average molecular weight is 460 g/mol. The summed E-state index contributed by atoms with van der Waals surface area (Å²) < 4.78 is 41.6. The maximum absolute atomic E-state index is 13.2. The third-order valence-corrected chi connectivity index (χ3v) is 5.54.